The van der Waals surface area contributed by atoms with Gasteiger partial charge in [-0.15, -0.1) is 0 Å². The lowest BCUT2D eigenvalue weighted by Gasteiger charge is -2.43. The lowest BCUT2D eigenvalue weighted by molar-refractivity contribution is -0.149. The van der Waals surface area contributed by atoms with Gasteiger partial charge in [-0.05, 0) is 57.4 Å². The summed E-state index contributed by atoms with van der Waals surface area (Å²) >= 11 is 5.94. The second-order valence-corrected chi connectivity index (χ2v) is 8.91. The Morgan fingerprint density at radius 2 is 1.75 bits per heavy atom. The van der Waals surface area contributed by atoms with E-state index in [0.29, 0.717) is 17.1 Å². The fraction of sp³-hybridized carbons (Fsp3) is 0.591. The molecule has 1 unspecified atom stereocenters. The van der Waals surface area contributed by atoms with Gasteiger partial charge in [0.15, 0.2) is 0 Å². The van der Waals surface area contributed by atoms with E-state index in [2.05, 4.69) is 0 Å². The van der Waals surface area contributed by atoms with Crippen molar-refractivity contribution >= 4 is 35.0 Å². The number of anilines is 1. The highest BCUT2D eigenvalue weighted by Crippen LogP contribution is 2.35. The summed E-state index contributed by atoms with van der Waals surface area (Å²) in [4.78, 5) is 42.4. The second kappa shape index (κ2) is 8.24. The minimum Gasteiger partial charge on any atom is -0.325 e. The first kappa shape index (κ1) is 20.8. The van der Waals surface area contributed by atoms with E-state index in [0.717, 1.165) is 32.1 Å². The molecule has 3 amide bonds. The molecular weight excluding hydrogens is 376 g/mol. The average Bonchev–Trinajstić information content (AvgIpc) is 2.97. The Morgan fingerprint density at radius 1 is 1.14 bits per heavy atom. The lowest BCUT2D eigenvalue weighted by atomic mass is 9.85. The van der Waals surface area contributed by atoms with Gasteiger partial charge in [-0.1, -0.05) is 37.8 Å². The van der Waals surface area contributed by atoms with E-state index < -0.39 is 11.6 Å². The van der Waals surface area contributed by atoms with Crippen LogP contribution in [-0.2, 0) is 14.4 Å². The number of hydrogen-bond donors (Lipinski definition) is 0. The lowest BCUT2D eigenvalue weighted by Crippen LogP contribution is -2.57. The van der Waals surface area contributed by atoms with Crippen LogP contribution in [0.4, 0.5) is 5.69 Å². The van der Waals surface area contributed by atoms with E-state index in [4.69, 9.17) is 11.6 Å². The van der Waals surface area contributed by atoms with Crippen LogP contribution in [0.3, 0.4) is 0 Å². The molecule has 1 aliphatic carbocycles. The molecule has 6 heteroatoms. The zero-order valence-electron chi connectivity index (χ0n) is 16.9. The maximum atomic E-state index is 13.5. The smallest absolute Gasteiger partial charge is 0.257 e. The van der Waals surface area contributed by atoms with E-state index in [1.165, 1.54) is 4.90 Å². The van der Waals surface area contributed by atoms with Crippen molar-refractivity contribution < 1.29 is 14.4 Å². The highest BCUT2D eigenvalue weighted by molar-refractivity contribution is 6.30. The maximum Gasteiger partial charge on any atom is 0.257 e. The molecular formula is C22H29ClN2O3. The molecule has 0 radical (unpaired) electrons. The predicted octanol–water partition coefficient (Wildman–Crippen LogP) is 4.57. The number of carbonyl (C=O) groups excluding carboxylic acids is 3. The van der Waals surface area contributed by atoms with Crippen LogP contribution in [0.1, 0.15) is 65.7 Å². The van der Waals surface area contributed by atoms with E-state index in [-0.39, 0.29) is 30.1 Å². The standard InChI is InChI=1S/C22H29ClN2O3/c1-4-22(2,3)25(20(27)15-8-6-5-7-9-15)18-14-19(26)24(21(18)28)17-12-10-16(23)11-13-17/h10-13,15,18H,4-9,14H2,1-3H3. The normalized spacial score (nSPS) is 21.3. The number of rotatable bonds is 5. The van der Waals surface area contributed by atoms with Crippen LogP contribution in [0.25, 0.3) is 0 Å². The van der Waals surface area contributed by atoms with Crippen LogP contribution in [-0.4, -0.2) is 34.2 Å². The number of imide groups is 1. The SMILES string of the molecule is CCC(C)(C)N(C(=O)C1CCCCC1)C1CC(=O)N(c2ccc(Cl)cc2)C1=O. The third kappa shape index (κ3) is 3.95. The minimum absolute atomic E-state index is 0.0238. The molecule has 2 fully saturated rings. The molecule has 1 aromatic carbocycles. The first-order chi connectivity index (χ1) is 13.3. The van der Waals surface area contributed by atoms with Crippen LogP contribution in [0, 0.1) is 5.92 Å². The van der Waals surface area contributed by atoms with E-state index >= 15 is 0 Å². The Hall–Kier alpha value is -1.88. The summed E-state index contributed by atoms with van der Waals surface area (Å²) in [6.45, 7) is 5.98. The van der Waals surface area contributed by atoms with Crippen LogP contribution in [0.2, 0.25) is 5.02 Å². The Kier molecular flexibility index (Phi) is 6.13. The van der Waals surface area contributed by atoms with Crippen LogP contribution in [0.5, 0.6) is 0 Å². The van der Waals surface area contributed by atoms with Gasteiger partial charge in [-0.25, -0.2) is 4.90 Å². The van der Waals surface area contributed by atoms with E-state index in [1.807, 2.05) is 20.8 Å². The number of halogens is 1. The molecule has 2 aliphatic rings. The molecule has 1 aliphatic heterocycles. The molecule has 0 spiro atoms. The Bertz CT molecular complexity index is 754. The van der Waals surface area contributed by atoms with Crippen molar-refractivity contribution in [2.45, 2.75) is 77.3 Å². The van der Waals surface area contributed by atoms with E-state index in [9.17, 15) is 14.4 Å². The third-order valence-electron chi connectivity index (χ3n) is 6.23. The summed E-state index contributed by atoms with van der Waals surface area (Å²) in [5.41, 5.74) is 0.00628. The highest BCUT2D eigenvalue weighted by atomic mass is 35.5. The van der Waals surface area contributed by atoms with Gasteiger partial charge >= 0.3 is 0 Å². The van der Waals surface area contributed by atoms with Gasteiger partial charge in [0.05, 0.1) is 12.1 Å². The van der Waals surface area contributed by atoms with Crippen molar-refractivity contribution in [1.82, 2.24) is 4.90 Å². The molecule has 1 saturated heterocycles. The molecule has 0 N–H and O–H groups in total. The molecule has 5 nitrogen and oxygen atoms in total. The summed E-state index contributed by atoms with van der Waals surface area (Å²) in [7, 11) is 0. The molecule has 1 heterocycles. The van der Waals surface area contributed by atoms with Crippen molar-refractivity contribution in [1.29, 1.82) is 0 Å². The largest absolute Gasteiger partial charge is 0.325 e. The van der Waals surface area contributed by atoms with Gasteiger partial charge in [-0.2, -0.15) is 0 Å². The predicted molar refractivity (Wildman–Crippen MR) is 110 cm³/mol. The summed E-state index contributed by atoms with van der Waals surface area (Å²) in [6, 6.07) is 5.90. The number of amides is 3. The number of nitrogens with zero attached hydrogens (tertiary/aromatic N) is 2. The zero-order chi connectivity index (χ0) is 20.5. The Morgan fingerprint density at radius 3 is 2.32 bits per heavy atom. The average molecular weight is 405 g/mol. The zero-order valence-corrected chi connectivity index (χ0v) is 17.7. The first-order valence-electron chi connectivity index (χ1n) is 10.2. The topological polar surface area (TPSA) is 57.7 Å². The Balaban J connectivity index is 1.91. The number of carbonyl (C=O) groups is 3. The molecule has 1 saturated carbocycles. The fourth-order valence-electron chi connectivity index (χ4n) is 4.27. The fourth-order valence-corrected chi connectivity index (χ4v) is 4.40. The van der Waals surface area contributed by atoms with Gasteiger partial charge in [0.25, 0.3) is 5.91 Å². The van der Waals surface area contributed by atoms with Crippen molar-refractivity contribution in [3.8, 4) is 0 Å². The molecule has 1 aromatic rings. The summed E-state index contributed by atoms with van der Waals surface area (Å²) < 4.78 is 0. The maximum absolute atomic E-state index is 13.5. The van der Waals surface area contributed by atoms with Crippen molar-refractivity contribution in [2.75, 3.05) is 4.90 Å². The molecule has 1 atom stereocenters. The summed E-state index contributed by atoms with van der Waals surface area (Å²) in [5.74, 6) is -0.619. The van der Waals surface area contributed by atoms with Gasteiger partial charge in [-0.3, -0.25) is 14.4 Å². The first-order valence-corrected chi connectivity index (χ1v) is 10.6. The quantitative estimate of drug-likeness (QED) is 0.675. The Labute approximate surface area is 172 Å². The minimum atomic E-state index is -0.743. The third-order valence-corrected chi connectivity index (χ3v) is 6.48. The van der Waals surface area contributed by atoms with Gasteiger partial charge in [0, 0.05) is 16.5 Å². The molecule has 0 aromatic heterocycles. The van der Waals surface area contributed by atoms with E-state index in [1.54, 1.807) is 29.2 Å². The molecule has 28 heavy (non-hydrogen) atoms. The van der Waals surface area contributed by atoms with Gasteiger partial charge in [0.2, 0.25) is 11.8 Å². The van der Waals surface area contributed by atoms with Gasteiger partial charge in [0.1, 0.15) is 6.04 Å². The van der Waals surface area contributed by atoms with Gasteiger partial charge < -0.3 is 4.90 Å². The molecule has 152 valence electrons. The number of benzene rings is 1. The van der Waals surface area contributed by atoms with Crippen LogP contribution < -0.4 is 4.90 Å². The summed E-state index contributed by atoms with van der Waals surface area (Å²) in [5, 5.41) is 0.542. The van der Waals surface area contributed by atoms with Crippen molar-refractivity contribution in [3.05, 3.63) is 29.3 Å². The van der Waals surface area contributed by atoms with Crippen LogP contribution >= 0.6 is 11.6 Å². The number of hydrogen-bond acceptors (Lipinski definition) is 3. The van der Waals surface area contributed by atoms with Crippen LogP contribution in [0.15, 0.2) is 24.3 Å². The molecule has 0 bridgehead atoms. The molecule has 3 rings (SSSR count). The van der Waals surface area contributed by atoms with Crippen molar-refractivity contribution in [2.24, 2.45) is 5.92 Å². The van der Waals surface area contributed by atoms with Crippen molar-refractivity contribution in [3.63, 3.8) is 0 Å². The monoisotopic (exact) mass is 404 g/mol. The summed E-state index contributed by atoms with van der Waals surface area (Å²) in [6.07, 6.45) is 5.73. The second-order valence-electron chi connectivity index (χ2n) is 8.47. The highest BCUT2D eigenvalue weighted by Gasteiger charge is 2.49.